The lowest BCUT2D eigenvalue weighted by Gasteiger charge is -2.10. The molecule has 1 amide bonds. The summed E-state index contributed by atoms with van der Waals surface area (Å²) in [5.74, 6) is -0.189. The topological polar surface area (TPSA) is 114 Å². The number of methoxy groups -OCH3 is 1. The van der Waals surface area contributed by atoms with E-state index < -0.39 is 4.92 Å². The van der Waals surface area contributed by atoms with Gasteiger partial charge in [0.1, 0.15) is 0 Å². The summed E-state index contributed by atoms with van der Waals surface area (Å²) < 4.78 is 5.02. The van der Waals surface area contributed by atoms with Gasteiger partial charge in [-0.25, -0.2) is 0 Å². The number of nitrogens with one attached hydrogen (secondary N) is 2. The number of phenolic OH excluding ortho intramolecular Hbond substituents is 1. The van der Waals surface area contributed by atoms with Crippen LogP contribution in [0.2, 0.25) is 0 Å². The minimum Gasteiger partial charge on any atom is -0.504 e. The summed E-state index contributed by atoms with van der Waals surface area (Å²) in [6, 6.07) is 9.72. The monoisotopic (exact) mass is 387 g/mol. The molecule has 0 unspecified atom stereocenters. The first-order chi connectivity index (χ1) is 13.5. The lowest BCUT2D eigenvalue weighted by atomic mass is 10.1. The largest absolute Gasteiger partial charge is 0.504 e. The summed E-state index contributed by atoms with van der Waals surface area (Å²) in [4.78, 5) is 22.6. The highest BCUT2D eigenvalue weighted by Gasteiger charge is 2.18. The Bertz CT molecular complexity index is 821. The van der Waals surface area contributed by atoms with Crippen LogP contribution in [0.15, 0.2) is 36.4 Å². The number of nitro groups is 1. The number of hydrogen-bond donors (Lipinski definition) is 3. The molecule has 0 atom stereocenters. The third-order valence-electron chi connectivity index (χ3n) is 4.25. The van der Waals surface area contributed by atoms with Crippen molar-refractivity contribution in [3.8, 4) is 11.5 Å². The number of rotatable bonds is 10. The van der Waals surface area contributed by atoms with E-state index in [0.717, 1.165) is 24.5 Å². The van der Waals surface area contributed by atoms with E-state index in [9.17, 15) is 20.0 Å². The minimum atomic E-state index is -0.540. The standard InChI is InChI=1S/C20H25N3O5/c1-3-4-9-22-20(25)15-7-5-14(6-8-15)12-21-13-16-10-19(28-2)18(24)11-17(16)23(26)27/h5-8,10-11,21,24H,3-4,9,12-13H2,1-2H3,(H,22,25). The van der Waals surface area contributed by atoms with Gasteiger partial charge in [-0.1, -0.05) is 25.5 Å². The fourth-order valence-electron chi connectivity index (χ4n) is 2.67. The molecular formula is C20H25N3O5. The Morgan fingerprint density at radius 1 is 1.21 bits per heavy atom. The van der Waals surface area contributed by atoms with Crippen LogP contribution in [-0.2, 0) is 13.1 Å². The Hall–Kier alpha value is -3.13. The van der Waals surface area contributed by atoms with Crippen LogP contribution in [0.4, 0.5) is 5.69 Å². The molecule has 2 rings (SSSR count). The smallest absolute Gasteiger partial charge is 0.277 e. The molecule has 8 nitrogen and oxygen atoms in total. The van der Waals surface area contributed by atoms with Gasteiger partial charge in [0.25, 0.3) is 11.6 Å². The number of aromatic hydroxyl groups is 1. The molecular weight excluding hydrogens is 362 g/mol. The van der Waals surface area contributed by atoms with Gasteiger partial charge >= 0.3 is 0 Å². The molecule has 0 saturated heterocycles. The van der Waals surface area contributed by atoms with Gasteiger partial charge in [-0.05, 0) is 30.2 Å². The van der Waals surface area contributed by atoms with E-state index >= 15 is 0 Å². The Labute approximate surface area is 163 Å². The van der Waals surface area contributed by atoms with E-state index in [4.69, 9.17) is 4.74 Å². The maximum absolute atomic E-state index is 12.0. The fourth-order valence-corrected chi connectivity index (χ4v) is 2.67. The molecule has 0 fully saturated rings. The molecule has 0 saturated carbocycles. The van der Waals surface area contributed by atoms with Gasteiger partial charge in [0, 0.05) is 30.8 Å². The summed E-state index contributed by atoms with van der Waals surface area (Å²) in [5, 5.41) is 26.9. The predicted molar refractivity (Wildman–Crippen MR) is 106 cm³/mol. The summed E-state index contributed by atoms with van der Waals surface area (Å²) in [6.07, 6.45) is 1.97. The molecule has 0 spiro atoms. The molecule has 8 heteroatoms. The molecule has 0 aromatic heterocycles. The third-order valence-corrected chi connectivity index (χ3v) is 4.25. The quantitative estimate of drug-likeness (QED) is 0.328. The number of amides is 1. The minimum absolute atomic E-state index is 0.0974. The van der Waals surface area contributed by atoms with Gasteiger partial charge in [-0.3, -0.25) is 14.9 Å². The number of benzene rings is 2. The second kappa shape index (κ2) is 10.3. The van der Waals surface area contributed by atoms with Gasteiger partial charge in [-0.2, -0.15) is 0 Å². The van der Waals surface area contributed by atoms with Crippen molar-refractivity contribution < 1.29 is 19.6 Å². The van der Waals surface area contributed by atoms with Crippen molar-refractivity contribution in [3.05, 3.63) is 63.2 Å². The molecule has 0 heterocycles. The number of unbranched alkanes of at least 4 members (excludes halogenated alkanes) is 1. The van der Waals surface area contributed by atoms with Gasteiger partial charge in [-0.15, -0.1) is 0 Å². The van der Waals surface area contributed by atoms with E-state index in [1.807, 2.05) is 12.1 Å². The van der Waals surface area contributed by atoms with Crippen molar-refractivity contribution in [3.63, 3.8) is 0 Å². The van der Waals surface area contributed by atoms with Crippen LogP contribution < -0.4 is 15.4 Å². The second-order valence-electron chi connectivity index (χ2n) is 6.32. The number of ether oxygens (including phenoxy) is 1. The highest BCUT2D eigenvalue weighted by molar-refractivity contribution is 5.94. The van der Waals surface area contributed by atoms with Gasteiger partial charge in [0.2, 0.25) is 0 Å². The summed E-state index contributed by atoms with van der Waals surface area (Å²) >= 11 is 0. The van der Waals surface area contributed by atoms with Crippen LogP contribution in [0, 0.1) is 10.1 Å². The highest BCUT2D eigenvalue weighted by atomic mass is 16.6. The average molecular weight is 387 g/mol. The normalized spacial score (nSPS) is 10.5. The first-order valence-electron chi connectivity index (χ1n) is 9.08. The maximum atomic E-state index is 12.0. The number of carbonyl (C=O) groups is 1. The molecule has 0 bridgehead atoms. The number of nitrogens with zero attached hydrogens (tertiary/aromatic N) is 1. The first kappa shape index (κ1) is 21.2. The molecule has 150 valence electrons. The highest BCUT2D eigenvalue weighted by Crippen LogP contribution is 2.33. The van der Waals surface area contributed by atoms with Crippen LogP contribution in [0.3, 0.4) is 0 Å². The van der Waals surface area contributed by atoms with E-state index in [1.165, 1.54) is 13.2 Å². The summed E-state index contributed by atoms with van der Waals surface area (Å²) in [5.41, 5.74) is 1.77. The molecule has 0 aliphatic rings. The van der Waals surface area contributed by atoms with Crippen molar-refractivity contribution in [1.82, 2.24) is 10.6 Å². The van der Waals surface area contributed by atoms with Crippen LogP contribution in [0.25, 0.3) is 0 Å². The van der Waals surface area contributed by atoms with Crippen LogP contribution in [-0.4, -0.2) is 29.6 Å². The van der Waals surface area contributed by atoms with Crippen molar-refractivity contribution in [2.75, 3.05) is 13.7 Å². The number of nitro benzene ring substituents is 1. The summed E-state index contributed by atoms with van der Waals surface area (Å²) in [7, 11) is 1.39. The number of hydrogen-bond acceptors (Lipinski definition) is 6. The Kier molecular flexibility index (Phi) is 7.76. The van der Waals surface area contributed by atoms with E-state index in [1.54, 1.807) is 12.1 Å². The Balaban J connectivity index is 1.96. The lowest BCUT2D eigenvalue weighted by Crippen LogP contribution is -2.24. The van der Waals surface area contributed by atoms with E-state index in [0.29, 0.717) is 24.2 Å². The predicted octanol–water partition coefficient (Wildman–Crippen LogP) is 3.13. The first-order valence-corrected chi connectivity index (χ1v) is 9.08. The van der Waals surface area contributed by atoms with Crippen LogP contribution in [0.5, 0.6) is 11.5 Å². The average Bonchev–Trinajstić information content (AvgIpc) is 2.69. The SMILES string of the molecule is CCCCNC(=O)c1ccc(CNCc2cc(OC)c(O)cc2[N+](=O)[O-])cc1. The molecule has 2 aromatic rings. The molecule has 2 aromatic carbocycles. The zero-order valence-electron chi connectivity index (χ0n) is 16.0. The Morgan fingerprint density at radius 3 is 2.54 bits per heavy atom. The summed E-state index contributed by atoms with van der Waals surface area (Å²) in [6.45, 7) is 3.43. The number of carbonyl (C=O) groups excluding carboxylic acids is 1. The van der Waals surface area contributed by atoms with Crippen molar-refractivity contribution in [1.29, 1.82) is 0 Å². The zero-order valence-corrected chi connectivity index (χ0v) is 16.0. The second-order valence-corrected chi connectivity index (χ2v) is 6.32. The molecule has 28 heavy (non-hydrogen) atoms. The van der Waals surface area contributed by atoms with Crippen molar-refractivity contribution in [2.45, 2.75) is 32.9 Å². The van der Waals surface area contributed by atoms with Crippen LogP contribution >= 0.6 is 0 Å². The van der Waals surface area contributed by atoms with Crippen LogP contribution in [0.1, 0.15) is 41.3 Å². The third kappa shape index (κ3) is 5.68. The van der Waals surface area contributed by atoms with Gasteiger partial charge < -0.3 is 20.5 Å². The fraction of sp³-hybridized carbons (Fsp3) is 0.350. The van der Waals surface area contributed by atoms with Crippen molar-refractivity contribution in [2.24, 2.45) is 0 Å². The number of phenols is 1. The van der Waals surface area contributed by atoms with Gasteiger partial charge in [0.05, 0.1) is 18.1 Å². The van der Waals surface area contributed by atoms with E-state index in [2.05, 4.69) is 17.6 Å². The van der Waals surface area contributed by atoms with E-state index in [-0.39, 0.29) is 29.6 Å². The van der Waals surface area contributed by atoms with Gasteiger partial charge in [0.15, 0.2) is 11.5 Å². The zero-order chi connectivity index (χ0) is 20.5. The molecule has 0 aliphatic carbocycles. The molecule has 0 aliphatic heterocycles. The molecule has 3 N–H and O–H groups in total. The van der Waals surface area contributed by atoms with Crippen molar-refractivity contribution >= 4 is 11.6 Å². The molecule has 0 radical (unpaired) electrons. The maximum Gasteiger partial charge on any atom is 0.277 e. The lowest BCUT2D eigenvalue weighted by molar-refractivity contribution is -0.385. The Morgan fingerprint density at radius 2 is 1.93 bits per heavy atom.